The van der Waals surface area contributed by atoms with Crippen LogP contribution in [0.2, 0.25) is 0 Å². The van der Waals surface area contributed by atoms with Crippen LogP contribution >= 0.6 is 15.9 Å². The van der Waals surface area contributed by atoms with E-state index in [9.17, 15) is 0 Å². The molecule has 0 spiro atoms. The number of nitrogens with one attached hydrogen (secondary N) is 1. The maximum absolute atomic E-state index is 3.63. The van der Waals surface area contributed by atoms with Gasteiger partial charge >= 0.3 is 0 Å². The van der Waals surface area contributed by atoms with Gasteiger partial charge in [0.2, 0.25) is 0 Å². The van der Waals surface area contributed by atoms with Crippen molar-refractivity contribution in [3.63, 3.8) is 0 Å². The first-order valence-electron chi connectivity index (χ1n) is 7.40. The third-order valence-electron chi connectivity index (χ3n) is 3.82. The highest BCUT2D eigenvalue weighted by Crippen LogP contribution is 2.19. The Labute approximate surface area is 125 Å². The summed E-state index contributed by atoms with van der Waals surface area (Å²) >= 11 is 3.63. The van der Waals surface area contributed by atoms with Crippen LogP contribution < -0.4 is 5.32 Å². The van der Waals surface area contributed by atoms with Crippen molar-refractivity contribution in [3.05, 3.63) is 33.8 Å². The van der Waals surface area contributed by atoms with Crippen LogP contribution in [0.1, 0.15) is 37.3 Å². The minimum absolute atomic E-state index is 0.695. The lowest BCUT2D eigenvalue weighted by Crippen LogP contribution is -2.37. The third kappa shape index (κ3) is 4.59. The molecule has 2 nitrogen and oxygen atoms in total. The molecule has 1 aliphatic heterocycles. The molecule has 0 aliphatic carbocycles. The molecule has 1 saturated heterocycles. The first-order chi connectivity index (χ1) is 9.19. The Morgan fingerprint density at radius 1 is 1.42 bits per heavy atom. The van der Waals surface area contributed by atoms with Crippen LogP contribution in [-0.2, 0) is 6.54 Å². The molecule has 3 heteroatoms. The molecular formula is C16H25BrN2. The first-order valence-corrected chi connectivity index (χ1v) is 8.19. The second-order valence-electron chi connectivity index (χ2n) is 5.61. The van der Waals surface area contributed by atoms with Gasteiger partial charge in [-0.2, -0.15) is 0 Å². The second kappa shape index (κ2) is 7.41. The smallest absolute Gasteiger partial charge is 0.0234 e. The minimum Gasteiger partial charge on any atom is -0.313 e. The quantitative estimate of drug-likeness (QED) is 0.857. The Bertz CT molecular complexity index is 400. The molecule has 106 valence electrons. The molecule has 1 N–H and O–H groups in total. The zero-order valence-electron chi connectivity index (χ0n) is 12.1. The molecule has 0 bridgehead atoms. The van der Waals surface area contributed by atoms with Gasteiger partial charge in [0.25, 0.3) is 0 Å². The Hall–Kier alpha value is -0.380. The Morgan fingerprint density at radius 2 is 2.26 bits per heavy atom. The Balaban J connectivity index is 1.96. The van der Waals surface area contributed by atoms with E-state index in [4.69, 9.17) is 0 Å². The van der Waals surface area contributed by atoms with E-state index in [1.54, 1.807) is 0 Å². The van der Waals surface area contributed by atoms with E-state index in [-0.39, 0.29) is 0 Å². The molecule has 1 fully saturated rings. The summed E-state index contributed by atoms with van der Waals surface area (Å²) in [5.74, 6) is 0. The van der Waals surface area contributed by atoms with Crippen LogP contribution in [0, 0.1) is 6.92 Å². The molecule has 19 heavy (non-hydrogen) atoms. The molecule has 1 unspecified atom stereocenters. The predicted octanol–water partition coefficient (Wildman–Crippen LogP) is 3.72. The summed E-state index contributed by atoms with van der Waals surface area (Å²) in [5.41, 5.74) is 2.71. The monoisotopic (exact) mass is 324 g/mol. The predicted molar refractivity (Wildman–Crippen MR) is 85.5 cm³/mol. The second-order valence-corrected chi connectivity index (χ2v) is 6.47. The highest BCUT2D eigenvalue weighted by Gasteiger charge is 2.17. The molecule has 1 heterocycles. The molecule has 1 aromatic rings. The van der Waals surface area contributed by atoms with E-state index in [1.807, 2.05) is 0 Å². The van der Waals surface area contributed by atoms with Gasteiger partial charge in [-0.15, -0.1) is 0 Å². The van der Waals surface area contributed by atoms with Crippen molar-refractivity contribution >= 4 is 15.9 Å². The summed E-state index contributed by atoms with van der Waals surface area (Å²) in [6, 6.07) is 7.42. The molecule has 0 radical (unpaired) electrons. The average molecular weight is 325 g/mol. The number of halogens is 1. The van der Waals surface area contributed by atoms with E-state index in [2.05, 4.69) is 58.2 Å². The van der Waals surface area contributed by atoms with E-state index < -0.39 is 0 Å². The van der Waals surface area contributed by atoms with Gasteiger partial charge in [0.15, 0.2) is 0 Å². The molecule has 2 rings (SSSR count). The molecular weight excluding hydrogens is 300 g/mol. The number of rotatable bonds is 6. The summed E-state index contributed by atoms with van der Waals surface area (Å²) in [5, 5.41) is 3.60. The fourth-order valence-electron chi connectivity index (χ4n) is 2.77. The van der Waals surface area contributed by atoms with Crippen LogP contribution in [0.15, 0.2) is 22.7 Å². The normalized spacial score (nSPS) is 19.3. The fourth-order valence-corrected chi connectivity index (χ4v) is 3.19. The van der Waals surface area contributed by atoms with Gasteiger partial charge in [-0.3, -0.25) is 4.90 Å². The number of nitrogens with zero attached hydrogens (tertiary/aromatic N) is 1. The summed E-state index contributed by atoms with van der Waals surface area (Å²) in [4.78, 5) is 2.58. The SMILES string of the molecule is CCCN(Cc1ccc(C)c(Br)c1)CC1CCCN1. The number of hydrogen-bond acceptors (Lipinski definition) is 2. The van der Waals surface area contributed by atoms with Crippen molar-refractivity contribution in [2.45, 2.75) is 45.7 Å². The summed E-state index contributed by atoms with van der Waals surface area (Å²) < 4.78 is 1.22. The molecule has 1 aliphatic rings. The maximum atomic E-state index is 3.63. The van der Waals surface area contributed by atoms with E-state index in [0.29, 0.717) is 6.04 Å². The van der Waals surface area contributed by atoms with Gasteiger partial charge < -0.3 is 5.32 Å². The standard InChI is InChI=1S/C16H25BrN2/c1-3-9-19(12-15-5-4-8-18-15)11-14-7-6-13(2)16(17)10-14/h6-7,10,15,18H,3-5,8-9,11-12H2,1-2H3. The molecule has 1 atom stereocenters. The van der Waals surface area contributed by atoms with Crippen molar-refractivity contribution in [2.24, 2.45) is 0 Å². The lowest BCUT2D eigenvalue weighted by molar-refractivity contribution is 0.241. The number of hydrogen-bond donors (Lipinski definition) is 1. The fraction of sp³-hybridized carbons (Fsp3) is 0.625. The highest BCUT2D eigenvalue weighted by atomic mass is 79.9. The van der Waals surface area contributed by atoms with Gasteiger partial charge in [0, 0.05) is 23.6 Å². The van der Waals surface area contributed by atoms with Crippen molar-refractivity contribution in [3.8, 4) is 0 Å². The van der Waals surface area contributed by atoms with Crippen LogP contribution in [-0.4, -0.2) is 30.6 Å². The van der Waals surface area contributed by atoms with Crippen molar-refractivity contribution in [1.82, 2.24) is 10.2 Å². The Morgan fingerprint density at radius 3 is 2.89 bits per heavy atom. The molecule has 0 aromatic heterocycles. The third-order valence-corrected chi connectivity index (χ3v) is 4.68. The van der Waals surface area contributed by atoms with Crippen LogP contribution in [0.4, 0.5) is 0 Å². The van der Waals surface area contributed by atoms with Gasteiger partial charge in [0.05, 0.1) is 0 Å². The van der Waals surface area contributed by atoms with E-state index in [1.165, 1.54) is 54.5 Å². The lowest BCUT2D eigenvalue weighted by atomic mass is 10.1. The minimum atomic E-state index is 0.695. The summed E-state index contributed by atoms with van der Waals surface area (Å²) in [6.45, 7) is 9.02. The average Bonchev–Trinajstić information content (AvgIpc) is 2.87. The molecule has 0 amide bonds. The van der Waals surface area contributed by atoms with Crippen molar-refractivity contribution in [1.29, 1.82) is 0 Å². The summed E-state index contributed by atoms with van der Waals surface area (Å²) in [7, 11) is 0. The van der Waals surface area contributed by atoms with Gasteiger partial charge in [-0.25, -0.2) is 0 Å². The van der Waals surface area contributed by atoms with E-state index >= 15 is 0 Å². The zero-order valence-corrected chi connectivity index (χ0v) is 13.7. The molecule has 0 saturated carbocycles. The van der Waals surface area contributed by atoms with Crippen LogP contribution in [0.25, 0.3) is 0 Å². The Kier molecular flexibility index (Phi) is 5.86. The summed E-state index contributed by atoms with van der Waals surface area (Å²) in [6.07, 6.45) is 3.89. The zero-order chi connectivity index (χ0) is 13.7. The van der Waals surface area contributed by atoms with Gasteiger partial charge in [-0.1, -0.05) is 35.0 Å². The number of benzene rings is 1. The molecule has 1 aromatic carbocycles. The first kappa shape index (κ1) is 15.0. The van der Waals surface area contributed by atoms with Gasteiger partial charge in [-0.05, 0) is 56.5 Å². The maximum Gasteiger partial charge on any atom is 0.0234 e. The topological polar surface area (TPSA) is 15.3 Å². The lowest BCUT2D eigenvalue weighted by Gasteiger charge is -2.25. The highest BCUT2D eigenvalue weighted by molar-refractivity contribution is 9.10. The largest absolute Gasteiger partial charge is 0.313 e. The van der Waals surface area contributed by atoms with Crippen molar-refractivity contribution in [2.75, 3.05) is 19.6 Å². The van der Waals surface area contributed by atoms with Crippen LogP contribution in [0.3, 0.4) is 0 Å². The number of aryl methyl sites for hydroxylation is 1. The van der Waals surface area contributed by atoms with Crippen LogP contribution in [0.5, 0.6) is 0 Å². The van der Waals surface area contributed by atoms with Gasteiger partial charge in [0.1, 0.15) is 0 Å². The van der Waals surface area contributed by atoms with E-state index in [0.717, 1.165) is 6.54 Å². The van der Waals surface area contributed by atoms with Crippen molar-refractivity contribution < 1.29 is 0 Å².